The first-order valence-electron chi connectivity index (χ1n) is 10.5. The number of benzene rings is 2. The van der Waals surface area contributed by atoms with Gasteiger partial charge in [-0.3, -0.25) is 9.36 Å². The number of amides is 1. The maximum absolute atomic E-state index is 13.8. The van der Waals surface area contributed by atoms with Gasteiger partial charge in [-0.2, -0.15) is 0 Å². The van der Waals surface area contributed by atoms with Crippen LogP contribution in [0.15, 0.2) is 60.3 Å². The summed E-state index contributed by atoms with van der Waals surface area (Å²) in [5.41, 5.74) is 3.13. The number of hydrogen-bond donors (Lipinski definition) is 1. The number of nitrogens with one attached hydrogen (secondary N) is 1. The molecule has 3 rings (SSSR count). The first-order chi connectivity index (χ1) is 15.6. The minimum Gasteiger partial charge on any atom is -0.483 e. The van der Waals surface area contributed by atoms with E-state index in [1.165, 1.54) is 17.8 Å². The molecule has 1 heterocycles. The zero-order chi connectivity index (χ0) is 22.9. The van der Waals surface area contributed by atoms with Crippen molar-refractivity contribution in [2.75, 3.05) is 11.1 Å². The predicted molar refractivity (Wildman–Crippen MR) is 126 cm³/mol. The van der Waals surface area contributed by atoms with Gasteiger partial charge in [-0.15, -0.1) is 16.8 Å². The highest BCUT2D eigenvalue weighted by Gasteiger charge is 2.16. The molecule has 0 atom stereocenters. The van der Waals surface area contributed by atoms with Gasteiger partial charge in [0.2, 0.25) is 5.91 Å². The van der Waals surface area contributed by atoms with Crippen LogP contribution in [0.3, 0.4) is 0 Å². The standard InChI is InChI=1S/C24H27FN4O2S/c1-4-14-29-21(15-31-20-13-8-7-12-19(20)25)27-28-24(29)32-16-22(30)26-23-17(5-2)10-9-11-18(23)6-3/h4,7-13H,1,5-6,14-16H2,2-3H3,(H,26,30). The van der Waals surface area contributed by atoms with E-state index >= 15 is 0 Å². The number of aromatic nitrogens is 3. The van der Waals surface area contributed by atoms with Crippen molar-refractivity contribution >= 4 is 23.4 Å². The summed E-state index contributed by atoms with van der Waals surface area (Å²) in [6, 6.07) is 12.3. The number of nitrogens with zero attached hydrogens (tertiary/aromatic N) is 3. The van der Waals surface area contributed by atoms with Crippen molar-refractivity contribution in [1.82, 2.24) is 14.8 Å². The summed E-state index contributed by atoms with van der Waals surface area (Å²) in [5, 5.41) is 12.0. The van der Waals surface area contributed by atoms with E-state index in [0.29, 0.717) is 17.5 Å². The molecular weight excluding hydrogens is 427 g/mol. The molecule has 2 aromatic carbocycles. The van der Waals surface area contributed by atoms with Crippen molar-refractivity contribution < 1.29 is 13.9 Å². The molecule has 0 aliphatic heterocycles. The smallest absolute Gasteiger partial charge is 0.234 e. The van der Waals surface area contributed by atoms with Crippen LogP contribution in [0.4, 0.5) is 10.1 Å². The van der Waals surface area contributed by atoms with Crippen LogP contribution in [-0.2, 0) is 30.8 Å². The molecule has 1 aromatic heterocycles. The summed E-state index contributed by atoms with van der Waals surface area (Å²) >= 11 is 1.29. The molecule has 6 nitrogen and oxygen atoms in total. The van der Waals surface area contributed by atoms with Crippen LogP contribution < -0.4 is 10.1 Å². The minimum absolute atomic E-state index is 0.0538. The number of rotatable bonds is 11. The minimum atomic E-state index is -0.438. The van der Waals surface area contributed by atoms with E-state index < -0.39 is 5.82 Å². The highest BCUT2D eigenvalue weighted by molar-refractivity contribution is 7.99. The van der Waals surface area contributed by atoms with Crippen LogP contribution in [0.1, 0.15) is 30.8 Å². The molecule has 0 bridgehead atoms. The second-order valence-corrected chi connectivity index (χ2v) is 7.95. The van der Waals surface area contributed by atoms with E-state index in [0.717, 1.165) is 29.7 Å². The molecule has 0 radical (unpaired) electrons. The van der Waals surface area contributed by atoms with Gasteiger partial charge < -0.3 is 10.1 Å². The lowest BCUT2D eigenvalue weighted by Crippen LogP contribution is -2.17. The van der Waals surface area contributed by atoms with E-state index in [4.69, 9.17) is 4.74 Å². The fraction of sp³-hybridized carbons (Fsp3) is 0.292. The number of carbonyl (C=O) groups excluding carboxylic acids is 1. The number of anilines is 1. The Hall–Kier alpha value is -3.13. The molecule has 1 N–H and O–H groups in total. The summed E-state index contributed by atoms with van der Waals surface area (Å²) in [5.74, 6) is 0.316. The van der Waals surface area contributed by atoms with Crippen LogP contribution >= 0.6 is 11.8 Å². The van der Waals surface area contributed by atoms with Gasteiger partial charge in [0.25, 0.3) is 0 Å². The van der Waals surface area contributed by atoms with E-state index in [1.807, 2.05) is 22.8 Å². The van der Waals surface area contributed by atoms with Gasteiger partial charge in [0.1, 0.15) is 6.61 Å². The van der Waals surface area contributed by atoms with Gasteiger partial charge in [0.05, 0.1) is 5.75 Å². The van der Waals surface area contributed by atoms with Crippen LogP contribution in [0.5, 0.6) is 5.75 Å². The Balaban J connectivity index is 1.67. The van der Waals surface area contributed by atoms with Crippen molar-refractivity contribution in [3.63, 3.8) is 0 Å². The van der Waals surface area contributed by atoms with Crippen LogP contribution in [0, 0.1) is 5.82 Å². The lowest BCUT2D eigenvalue weighted by molar-refractivity contribution is -0.113. The van der Waals surface area contributed by atoms with Crippen molar-refractivity contribution in [1.29, 1.82) is 0 Å². The molecule has 0 aliphatic carbocycles. The zero-order valence-corrected chi connectivity index (χ0v) is 19.1. The van der Waals surface area contributed by atoms with Gasteiger partial charge in [0, 0.05) is 12.2 Å². The predicted octanol–water partition coefficient (Wildman–Crippen LogP) is 5.04. The zero-order valence-electron chi connectivity index (χ0n) is 18.3. The fourth-order valence-electron chi connectivity index (χ4n) is 3.26. The molecule has 0 spiro atoms. The number of aryl methyl sites for hydroxylation is 2. The van der Waals surface area contributed by atoms with Crippen LogP contribution in [0.25, 0.3) is 0 Å². The average Bonchev–Trinajstić information content (AvgIpc) is 3.19. The Kier molecular flexibility index (Phi) is 8.44. The highest BCUT2D eigenvalue weighted by atomic mass is 32.2. The number of thioether (sulfide) groups is 1. The van der Waals surface area contributed by atoms with E-state index in [2.05, 4.69) is 35.9 Å². The average molecular weight is 455 g/mol. The number of halogens is 1. The fourth-order valence-corrected chi connectivity index (χ4v) is 4.02. The second kappa shape index (κ2) is 11.5. The number of carbonyl (C=O) groups is 1. The van der Waals surface area contributed by atoms with Crippen LogP contribution in [0.2, 0.25) is 0 Å². The Morgan fingerprint density at radius 3 is 2.53 bits per heavy atom. The van der Waals surface area contributed by atoms with E-state index in [-0.39, 0.29) is 24.0 Å². The lowest BCUT2D eigenvalue weighted by atomic mass is 10.0. The molecule has 3 aromatic rings. The number of para-hydroxylation sites is 2. The number of hydrogen-bond acceptors (Lipinski definition) is 5. The van der Waals surface area contributed by atoms with Crippen molar-refractivity contribution in [3.05, 3.63) is 77.9 Å². The molecule has 0 saturated heterocycles. The first kappa shape index (κ1) is 23.5. The van der Waals surface area contributed by atoms with Gasteiger partial charge in [-0.25, -0.2) is 4.39 Å². The molecule has 0 saturated carbocycles. The number of allylic oxidation sites excluding steroid dienone is 1. The van der Waals surface area contributed by atoms with E-state index in [1.54, 1.807) is 24.3 Å². The Morgan fingerprint density at radius 2 is 1.88 bits per heavy atom. The molecule has 0 unspecified atom stereocenters. The summed E-state index contributed by atoms with van der Waals surface area (Å²) in [6.45, 7) is 8.42. The maximum Gasteiger partial charge on any atom is 0.234 e. The third-order valence-corrected chi connectivity index (χ3v) is 5.86. The third kappa shape index (κ3) is 5.76. The lowest BCUT2D eigenvalue weighted by Gasteiger charge is -2.14. The Labute approximate surface area is 191 Å². The SMILES string of the molecule is C=CCn1c(COc2ccccc2F)nnc1SCC(=O)Nc1c(CC)cccc1CC. The van der Waals surface area contributed by atoms with Gasteiger partial charge in [-0.05, 0) is 36.1 Å². The van der Waals surface area contributed by atoms with Gasteiger partial charge >= 0.3 is 0 Å². The molecule has 32 heavy (non-hydrogen) atoms. The Bertz CT molecular complexity index is 1060. The topological polar surface area (TPSA) is 69.0 Å². The molecular formula is C24H27FN4O2S. The molecule has 0 aliphatic rings. The maximum atomic E-state index is 13.8. The van der Waals surface area contributed by atoms with Crippen molar-refractivity contribution in [3.8, 4) is 5.75 Å². The summed E-state index contributed by atoms with van der Waals surface area (Å²) in [4.78, 5) is 12.7. The number of ether oxygens (including phenoxy) is 1. The largest absolute Gasteiger partial charge is 0.483 e. The van der Waals surface area contributed by atoms with Crippen molar-refractivity contribution in [2.24, 2.45) is 0 Å². The molecule has 1 amide bonds. The highest BCUT2D eigenvalue weighted by Crippen LogP contribution is 2.24. The Morgan fingerprint density at radius 1 is 1.16 bits per heavy atom. The first-order valence-corrected chi connectivity index (χ1v) is 11.5. The third-order valence-electron chi connectivity index (χ3n) is 4.89. The normalized spacial score (nSPS) is 10.7. The van der Waals surface area contributed by atoms with Gasteiger partial charge in [0.15, 0.2) is 22.5 Å². The monoisotopic (exact) mass is 454 g/mol. The molecule has 8 heteroatoms. The van der Waals surface area contributed by atoms with Crippen LogP contribution in [-0.4, -0.2) is 26.4 Å². The quantitative estimate of drug-likeness (QED) is 0.325. The summed E-state index contributed by atoms with van der Waals surface area (Å²) in [6.07, 6.45) is 3.40. The molecule has 0 fully saturated rings. The van der Waals surface area contributed by atoms with E-state index in [9.17, 15) is 9.18 Å². The van der Waals surface area contributed by atoms with Crippen molar-refractivity contribution in [2.45, 2.75) is 45.0 Å². The second-order valence-electron chi connectivity index (χ2n) is 7.01. The summed E-state index contributed by atoms with van der Waals surface area (Å²) in [7, 11) is 0. The summed E-state index contributed by atoms with van der Waals surface area (Å²) < 4.78 is 21.2. The molecule has 168 valence electrons. The van der Waals surface area contributed by atoms with Gasteiger partial charge in [-0.1, -0.05) is 62.0 Å².